The quantitative estimate of drug-likeness (QED) is 0.820. The average Bonchev–Trinajstić information content (AvgIpc) is 3.08. The number of benzene rings is 1. The molecule has 2 N–H and O–H groups in total. The van der Waals surface area contributed by atoms with Gasteiger partial charge in [0.1, 0.15) is 0 Å². The van der Waals surface area contributed by atoms with Crippen molar-refractivity contribution in [2.75, 3.05) is 13.1 Å². The van der Waals surface area contributed by atoms with Gasteiger partial charge in [-0.1, -0.05) is 0 Å². The van der Waals surface area contributed by atoms with E-state index in [1.807, 2.05) is 0 Å². The molecule has 12 heteroatoms. The number of fused-ring (bicyclic) bond motifs is 1. The molecule has 0 amide bonds. The van der Waals surface area contributed by atoms with Gasteiger partial charge in [-0.15, -0.1) is 0 Å². The van der Waals surface area contributed by atoms with Crippen molar-refractivity contribution in [3.05, 3.63) is 28.7 Å². The zero-order valence-electron chi connectivity index (χ0n) is 12.3. The van der Waals surface area contributed by atoms with Crippen molar-refractivity contribution in [2.45, 2.75) is 11.1 Å². The molecular formula is C13H11F3N2O6S. The fraction of sp³-hybridized carbons (Fsp3) is 0.385. The number of rotatable bonds is 3. The van der Waals surface area contributed by atoms with E-state index in [9.17, 15) is 31.2 Å². The highest BCUT2D eigenvalue weighted by Gasteiger charge is 2.55. The molecule has 1 aliphatic rings. The first-order valence-corrected chi connectivity index (χ1v) is 8.36. The van der Waals surface area contributed by atoms with Crippen LogP contribution in [0.1, 0.15) is 0 Å². The predicted molar refractivity (Wildman–Crippen MR) is 76.3 cm³/mol. The Morgan fingerprint density at radius 1 is 1.32 bits per heavy atom. The first-order chi connectivity index (χ1) is 11.5. The number of hydrogen-bond donors (Lipinski definition) is 2. The second-order valence-corrected chi connectivity index (χ2v) is 7.53. The van der Waals surface area contributed by atoms with Gasteiger partial charge in [0.15, 0.2) is 5.58 Å². The zero-order chi connectivity index (χ0) is 18.6. The maximum absolute atomic E-state index is 13.0. The molecule has 0 bridgehead atoms. The molecule has 1 saturated heterocycles. The Labute approximate surface area is 137 Å². The van der Waals surface area contributed by atoms with E-state index in [4.69, 9.17) is 9.52 Å². The second-order valence-electron chi connectivity index (χ2n) is 5.59. The van der Waals surface area contributed by atoms with Gasteiger partial charge in [0.05, 0.1) is 22.2 Å². The standard InChI is InChI=1S/C13H11F3N2O6S/c14-13(15,16)8-5-18(4-7(8)11(19)20)25(22,23)6-1-2-9-10(3-6)24-12(21)17-9/h1-3,7-8H,4-5H2,(H,17,21)(H,19,20)/t7-,8-/m1/s1. The van der Waals surface area contributed by atoms with Gasteiger partial charge in [-0.25, -0.2) is 13.2 Å². The normalized spacial score (nSPS) is 22.5. The number of oxazole rings is 1. The molecule has 2 heterocycles. The molecule has 8 nitrogen and oxygen atoms in total. The summed E-state index contributed by atoms with van der Waals surface area (Å²) in [4.78, 5) is 24.1. The lowest BCUT2D eigenvalue weighted by molar-refractivity contribution is -0.187. The van der Waals surface area contributed by atoms with Crippen LogP contribution in [0.4, 0.5) is 13.2 Å². The number of carboxylic acid groups (broad SMARTS) is 1. The lowest BCUT2D eigenvalue weighted by atomic mass is 9.96. The van der Waals surface area contributed by atoms with Crippen LogP contribution in [0, 0.1) is 11.8 Å². The van der Waals surface area contributed by atoms with Gasteiger partial charge in [0.25, 0.3) is 0 Å². The first-order valence-electron chi connectivity index (χ1n) is 6.92. The number of nitrogens with zero attached hydrogens (tertiary/aromatic N) is 1. The van der Waals surface area contributed by atoms with Crippen LogP contribution in [-0.2, 0) is 14.8 Å². The molecular weight excluding hydrogens is 369 g/mol. The highest BCUT2D eigenvalue weighted by molar-refractivity contribution is 7.89. The van der Waals surface area contributed by atoms with Crippen LogP contribution in [0.5, 0.6) is 0 Å². The van der Waals surface area contributed by atoms with Crippen molar-refractivity contribution in [2.24, 2.45) is 11.8 Å². The van der Waals surface area contributed by atoms with Crippen LogP contribution < -0.4 is 5.76 Å². The van der Waals surface area contributed by atoms with E-state index in [0.717, 1.165) is 12.1 Å². The third-order valence-corrected chi connectivity index (χ3v) is 5.88. The van der Waals surface area contributed by atoms with E-state index in [1.54, 1.807) is 0 Å². The van der Waals surface area contributed by atoms with Crippen LogP contribution in [0.3, 0.4) is 0 Å². The number of halogens is 3. The molecule has 0 radical (unpaired) electrons. The van der Waals surface area contributed by atoms with Gasteiger partial charge in [0, 0.05) is 19.2 Å². The molecule has 25 heavy (non-hydrogen) atoms. The number of carboxylic acids is 1. The number of sulfonamides is 1. The molecule has 0 aliphatic carbocycles. The summed E-state index contributed by atoms with van der Waals surface area (Å²) in [7, 11) is -4.39. The summed E-state index contributed by atoms with van der Waals surface area (Å²) in [5, 5.41) is 8.97. The van der Waals surface area contributed by atoms with Gasteiger partial charge >= 0.3 is 17.9 Å². The number of H-pyrrole nitrogens is 1. The fourth-order valence-electron chi connectivity index (χ4n) is 2.78. The summed E-state index contributed by atoms with van der Waals surface area (Å²) < 4.78 is 69.4. The Morgan fingerprint density at radius 2 is 2.00 bits per heavy atom. The van der Waals surface area contributed by atoms with Gasteiger partial charge in [-0.3, -0.25) is 9.78 Å². The maximum Gasteiger partial charge on any atom is 0.417 e. The minimum Gasteiger partial charge on any atom is -0.481 e. The molecule has 1 aliphatic heterocycles. The van der Waals surface area contributed by atoms with E-state index in [-0.39, 0.29) is 11.1 Å². The fourth-order valence-corrected chi connectivity index (χ4v) is 4.29. The summed E-state index contributed by atoms with van der Waals surface area (Å²) in [6, 6.07) is 3.33. The molecule has 1 aromatic heterocycles. The maximum atomic E-state index is 13.0. The topological polar surface area (TPSA) is 121 Å². The molecule has 0 spiro atoms. The van der Waals surface area contributed by atoms with Crippen LogP contribution in [0.25, 0.3) is 11.1 Å². The van der Waals surface area contributed by atoms with E-state index in [1.165, 1.54) is 6.07 Å². The number of carbonyl (C=O) groups is 1. The Balaban J connectivity index is 1.98. The number of aromatic amines is 1. The van der Waals surface area contributed by atoms with Crippen molar-refractivity contribution >= 4 is 27.1 Å². The van der Waals surface area contributed by atoms with Crippen molar-refractivity contribution in [1.82, 2.24) is 9.29 Å². The summed E-state index contributed by atoms with van der Waals surface area (Å²) in [6.45, 7) is -1.78. The number of nitrogens with one attached hydrogen (secondary N) is 1. The van der Waals surface area contributed by atoms with Crippen molar-refractivity contribution < 1.29 is 35.9 Å². The number of aliphatic carboxylic acids is 1. The lowest BCUT2D eigenvalue weighted by Gasteiger charge is -2.18. The smallest absolute Gasteiger partial charge is 0.417 e. The van der Waals surface area contributed by atoms with Gasteiger partial charge < -0.3 is 9.52 Å². The third kappa shape index (κ3) is 3.02. The molecule has 0 saturated carbocycles. The molecule has 1 fully saturated rings. The number of hydrogen-bond acceptors (Lipinski definition) is 5. The second kappa shape index (κ2) is 5.59. The van der Waals surface area contributed by atoms with Crippen LogP contribution >= 0.6 is 0 Å². The number of aromatic nitrogens is 1. The van der Waals surface area contributed by atoms with E-state index < -0.39 is 57.7 Å². The molecule has 3 rings (SSSR count). The Kier molecular flexibility index (Phi) is 3.91. The Morgan fingerprint density at radius 3 is 2.56 bits per heavy atom. The highest BCUT2D eigenvalue weighted by atomic mass is 32.2. The van der Waals surface area contributed by atoms with Crippen molar-refractivity contribution in [3.8, 4) is 0 Å². The summed E-state index contributed by atoms with van der Waals surface area (Å²) in [5.74, 6) is -6.71. The van der Waals surface area contributed by atoms with Crippen LogP contribution in [0.2, 0.25) is 0 Å². The number of alkyl halides is 3. The lowest BCUT2D eigenvalue weighted by Crippen LogP contribution is -2.34. The Bertz CT molecular complexity index is 993. The monoisotopic (exact) mass is 380 g/mol. The summed E-state index contributed by atoms with van der Waals surface area (Å²) in [5.41, 5.74) is 0.148. The SMILES string of the molecule is O=C(O)[C@@H]1CN(S(=O)(=O)c2ccc3[nH]c(=O)oc3c2)C[C@H]1C(F)(F)F. The van der Waals surface area contributed by atoms with Crippen molar-refractivity contribution in [3.63, 3.8) is 0 Å². The molecule has 0 unspecified atom stereocenters. The zero-order valence-corrected chi connectivity index (χ0v) is 13.1. The van der Waals surface area contributed by atoms with Gasteiger partial charge in [0.2, 0.25) is 10.0 Å². The van der Waals surface area contributed by atoms with Gasteiger partial charge in [-0.2, -0.15) is 17.5 Å². The molecule has 136 valence electrons. The third-order valence-electron chi connectivity index (χ3n) is 4.05. The predicted octanol–water partition coefficient (Wildman–Crippen LogP) is 1.00. The molecule has 2 atom stereocenters. The van der Waals surface area contributed by atoms with E-state index >= 15 is 0 Å². The average molecular weight is 380 g/mol. The Hall–Kier alpha value is -2.34. The first kappa shape index (κ1) is 17.5. The van der Waals surface area contributed by atoms with Crippen LogP contribution in [-0.4, -0.2) is 48.0 Å². The summed E-state index contributed by atoms with van der Waals surface area (Å²) in [6.07, 6.45) is -4.84. The summed E-state index contributed by atoms with van der Waals surface area (Å²) >= 11 is 0. The minimum atomic E-state index is -4.84. The molecule has 1 aromatic carbocycles. The highest BCUT2D eigenvalue weighted by Crippen LogP contribution is 2.39. The van der Waals surface area contributed by atoms with Gasteiger partial charge in [-0.05, 0) is 12.1 Å². The van der Waals surface area contributed by atoms with E-state index in [2.05, 4.69) is 4.98 Å². The largest absolute Gasteiger partial charge is 0.481 e. The van der Waals surface area contributed by atoms with E-state index in [0.29, 0.717) is 4.31 Å². The van der Waals surface area contributed by atoms with Crippen molar-refractivity contribution in [1.29, 1.82) is 0 Å². The van der Waals surface area contributed by atoms with Crippen LogP contribution in [0.15, 0.2) is 32.3 Å². The molecule has 2 aromatic rings. The minimum absolute atomic E-state index is 0.0765.